The quantitative estimate of drug-likeness (QED) is 0.356. The van der Waals surface area contributed by atoms with Gasteiger partial charge in [0.15, 0.2) is 28.7 Å². The van der Waals surface area contributed by atoms with Crippen molar-refractivity contribution < 1.29 is 27.2 Å². The van der Waals surface area contributed by atoms with Crippen molar-refractivity contribution >= 4 is 15.7 Å². The Labute approximate surface area is 189 Å². The Morgan fingerprint density at radius 2 is 1.85 bits per heavy atom. The zero-order valence-electron chi connectivity index (χ0n) is 18.4. The molecule has 0 fully saturated rings. The Morgan fingerprint density at radius 3 is 2.55 bits per heavy atom. The van der Waals surface area contributed by atoms with E-state index in [2.05, 4.69) is 25.2 Å². The van der Waals surface area contributed by atoms with E-state index in [-0.39, 0.29) is 29.7 Å². The van der Waals surface area contributed by atoms with E-state index in [1.54, 1.807) is 52.3 Å². The van der Waals surface area contributed by atoms with Crippen LogP contribution in [0.15, 0.2) is 39.8 Å². The summed E-state index contributed by atoms with van der Waals surface area (Å²) in [5.74, 6) is 2.12. The zero-order chi connectivity index (χ0) is 23.6. The average molecular weight is 474 g/mol. The fourth-order valence-electron chi connectivity index (χ4n) is 3.27. The van der Waals surface area contributed by atoms with Crippen molar-refractivity contribution in [3.05, 3.63) is 41.8 Å². The van der Waals surface area contributed by atoms with Crippen LogP contribution >= 0.6 is 0 Å². The largest absolute Gasteiger partial charge is 0.493 e. The summed E-state index contributed by atoms with van der Waals surface area (Å²) in [6.07, 6.45) is 0. The molecule has 13 heteroatoms. The topological polar surface area (TPSA) is 143 Å². The fourth-order valence-corrected chi connectivity index (χ4v) is 4.60. The lowest BCUT2D eigenvalue weighted by molar-refractivity contribution is 0.306. The van der Waals surface area contributed by atoms with Gasteiger partial charge in [-0.2, -0.15) is 4.52 Å². The summed E-state index contributed by atoms with van der Waals surface area (Å²) in [4.78, 5) is 0.0334. The van der Waals surface area contributed by atoms with Crippen LogP contribution in [-0.4, -0.2) is 60.8 Å². The summed E-state index contributed by atoms with van der Waals surface area (Å²) in [7, 11) is -0.659. The van der Waals surface area contributed by atoms with Crippen LogP contribution in [0.3, 0.4) is 0 Å². The first-order valence-electron chi connectivity index (χ1n) is 9.84. The van der Waals surface area contributed by atoms with Crippen LogP contribution in [0.25, 0.3) is 17.0 Å². The van der Waals surface area contributed by atoms with Crippen molar-refractivity contribution in [1.82, 2.24) is 29.7 Å². The van der Waals surface area contributed by atoms with Gasteiger partial charge in [-0.15, -0.1) is 15.3 Å². The first-order chi connectivity index (χ1) is 15.8. The smallest absolute Gasteiger partial charge is 0.246 e. The number of nitrogens with one attached hydrogen (secondary N) is 1. The van der Waals surface area contributed by atoms with Gasteiger partial charge in [-0.05, 0) is 38.1 Å². The summed E-state index contributed by atoms with van der Waals surface area (Å²) in [5.41, 5.74) is 1.53. The summed E-state index contributed by atoms with van der Waals surface area (Å²) in [6.45, 7) is 3.18. The highest BCUT2D eigenvalue weighted by atomic mass is 32.2. The van der Waals surface area contributed by atoms with Gasteiger partial charge in [0.05, 0.1) is 14.2 Å². The third kappa shape index (κ3) is 4.45. The highest BCUT2D eigenvalue weighted by Gasteiger charge is 2.23. The highest BCUT2D eigenvalue weighted by Crippen LogP contribution is 2.31. The molecule has 0 aliphatic carbocycles. The van der Waals surface area contributed by atoms with Crippen LogP contribution in [0.2, 0.25) is 0 Å². The first kappa shape index (κ1) is 22.5. The number of methoxy groups -OCH3 is 2. The lowest BCUT2D eigenvalue weighted by Crippen LogP contribution is -2.29. The third-order valence-corrected chi connectivity index (χ3v) is 6.47. The fraction of sp³-hybridized carbons (Fsp3) is 0.300. The maximum Gasteiger partial charge on any atom is 0.246 e. The molecule has 1 N–H and O–H groups in total. The Balaban J connectivity index is 1.48. The van der Waals surface area contributed by atoms with Crippen molar-refractivity contribution in [1.29, 1.82) is 0 Å². The monoisotopic (exact) mass is 474 g/mol. The van der Waals surface area contributed by atoms with Crippen LogP contribution in [0.5, 0.6) is 17.4 Å². The van der Waals surface area contributed by atoms with E-state index in [0.29, 0.717) is 28.7 Å². The Morgan fingerprint density at radius 1 is 1.06 bits per heavy atom. The van der Waals surface area contributed by atoms with Crippen molar-refractivity contribution in [3.8, 4) is 28.8 Å². The number of benzene rings is 1. The number of hydrogen-bond donors (Lipinski definition) is 1. The third-order valence-electron chi connectivity index (χ3n) is 4.76. The van der Waals surface area contributed by atoms with Crippen LogP contribution in [-0.2, 0) is 10.0 Å². The molecule has 174 valence electrons. The van der Waals surface area contributed by atoms with Gasteiger partial charge in [0, 0.05) is 18.2 Å². The summed E-state index contributed by atoms with van der Waals surface area (Å²) >= 11 is 0. The molecule has 0 aliphatic heterocycles. The van der Waals surface area contributed by atoms with Crippen molar-refractivity contribution in [2.24, 2.45) is 0 Å². The molecule has 0 spiro atoms. The van der Waals surface area contributed by atoms with Gasteiger partial charge in [-0.1, -0.05) is 5.16 Å². The number of ether oxygens (including phenoxy) is 3. The van der Waals surface area contributed by atoms with Crippen LogP contribution in [0.4, 0.5) is 0 Å². The van der Waals surface area contributed by atoms with Gasteiger partial charge >= 0.3 is 0 Å². The van der Waals surface area contributed by atoms with Crippen molar-refractivity contribution in [2.75, 3.05) is 27.4 Å². The second-order valence-electron chi connectivity index (χ2n) is 6.93. The van der Waals surface area contributed by atoms with E-state index in [1.807, 2.05) is 6.07 Å². The lowest BCUT2D eigenvalue weighted by Gasteiger charge is -2.09. The SMILES string of the molecule is COc1ccc(-c2nnc3ccc(OCCNS(=O)(=O)c4c(C)noc4C)nn23)cc1OC. The van der Waals surface area contributed by atoms with Crippen LogP contribution in [0.1, 0.15) is 11.5 Å². The van der Waals surface area contributed by atoms with Crippen molar-refractivity contribution in [3.63, 3.8) is 0 Å². The summed E-state index contributed by atoms with van der Waals surface area (Å²) in [6, 6.07) is 8.68. The molecule has 3 aromatic heterocycles. The number of sulfonamides is 1. The lowest BCUT2D eigenvalue weighted by atomic mass is 10.2. The number of nitrogens with zero attached hydrogens (tertiary/aromatic N) is 5. The van der Waals surface area contributed by atoms with E-state index in [4.69, 9.17) is 18.7 Å². The molecule has 12 nitrogen and oxygen atoms in total. The molecule has 33 heavy (non-hydrogen) atoms. The molecule has 1 aromatic carbocycles. The molecule has 0 radical (unpaired) electrons. The minimum Gasteiger partial charge on any atom is -0.493 e. The molecular weight excluding hydrogens is 452 g/mol. The Kier molecular flexibility index (Phi) is 6.16. The number of fused-ring (bicyclic) bond motifs is 1. The minimum absolute atomic E-state index is 0.0246. The van der Waals surface area contributed by atoms with Crippen LogP contribution < -0.4 is 18.9 Å². The molecule has 4 rings (SSSR count). The van der Waals surface area contributed by atoms with E-state index in [9.17, 15) is 8.42 Å². The van der Waals surface area contributed by atoms with Crippen molar-refractivity contribution in [2.45, 2.75) is 18.7 Å². The predicted molar refractivity (Wildman–Crippen MR) is 116 cm³/mol. The second kappa shape index (κ2) is 9.03. The Hall–Kier alpha value is -3.71. The van der Waals surface area contributed by atoms with E-state index >= 15 is 0 Å². The number of aromatic nitrogens is 5. The second-order valence-corrected chi connectivity index (χ2v) is 8.64. The first-order valence-corrected chi connectivity index (χ1v) is 11.3. The summed E-state index contributed by atoms with van der Waals surface area (Å²) in [5, 5.41) is 16.4. The van der Waals surface area contributed by atoms with Gasteiger partial charge in [-0.25, -0.2) is 13.1 Å². The molecule has 0 aliphatic rings. The van der Waals surface area contributed by atoms with Gasteiger partial charge in [0.25, 0.3) is 0 Å². The molecule has 0 unspecified atom stereocenters. The maximum atomic E-state index is 12.5. The summed E-state index contributed by atoms with van der Waals surface area (Å²) < 4.78 is 50.1. The minimum atomic E-state index is -3.77. The van der Waals surface area contributed by atoms with Gasteiger partial charge in [-0.3, -0.25) is 0 Å². The van der Waals surface area contributed by atoms with E-state index < -0.39 is 10.0 Å². The Bertz CT molecular complexity index is 1380. The predicted octanol–water partition coefficient (Wildman–Crippen LogP) is 1.77. The van der Waals surface area contributed by atoms with Crippen LogP contribution in [0, 0.1) is 13.8 Å². The molecule has 0 amide bonds. The van der Waals surface area contributed by atoms with Gasteiger partial charge in [0.1, 0.15) is 17.2 Å². The van der Waals surface area contributed by atoms with Gasteiger partial charge < -0.3 is 18.7 Å². The normalized spacial score (nSPS) is 11.6. The zero-order valence-corrected chi connectivity index (χ0v) is 19.2. The molecule has 0 saturated heterocycles. The highest BCUT2D eigenvalue weighted by molar-refractivity contribution is 7.89. The van der Waals surface area contributed by atoms with E-state index in [0.717, 1.165) is 5.56 Å². The van der Waals surface area contributed by atoms with Gasteiger partial charge in [0.2, 0.25) is 15.9 Å². The average Bonchev–Trinajstić information content (AvgIpc) is 3.38. The molecule has 3 heterocycles. The molecule has 0 atom stereocenters. The molecule has 4 aromatic rings. The number of hydrogen-bond acceptors (Lipinski definition) is 10. The number of aryl methyl sites for hydroxylation is 2. The molecule has 0 saturated carbocycles. The number of rotatable bonds is 9. The maximum absolute atomic E-state index is 12.5. The molecule has 0 bridgehead atoms. The van der Waals surface area contributed by atoms with E-state index in [1.165, 1.54) is 4.52 Å². The molecular formula is C20H22N6O6S. The standard InChI is InChI=1S/C20H22N6O6S/c1-12-19(13(2)32-25-12)33(27,28)21-9-10-31-18-8-7-17-22-23-20(26(17)24-18)14-5-6-15(29-3)16(11-14)30-4/h5-8,11,21H,9-10H2,1-4H3.